The number of anilines is 1. The molecule has 0 atom stereocenters. The fourth-order valence-electron chi connectivity index (χ4n) is 2.62. The van der Waals surface area contributed by atoms with Crippen LogP contribution in [0.25, 0.3) is 17.2 Å². The van der Waals surface area contributed by atoms with Gasteiger partial charge in [0.2, 0.25) is 5.82 Å². The molecule has 4 aromatic rings. The fraction of sp³-hybridized carbons (Fsp3) is 0.105. The van der Waals surface area contributed by atoms with E-state index < -0.39 is 5.91 Å². The monoisotopic (exact) mass is 360 g/mol. The lowest BCUT2D eigenvalue weighted by Crippen LogP contribution is -2.13. The lowest BCUT2D eigenvalue weighted by molar-refractivity contribution is 0.0981. The number of aryl methyl sites for hydroxylation is 2. The van der Waals surface area contributed by atoms with E-state index in [4.69, 9.17) is 4.52 Å². The van der Waals surface area contributed by atoms with E-state index in [9.17, 15) is 4.79 Å². The first-order chi connectivity index (χ1) is 13.1. The van der Waals surface area contributed by atoms with E-state index in [2.05, 4.69) is 25.8 Å². The Morgan fingerprint density at radius 1 is 1.11 bits per heavy atom. The number of hydrogen-bond acceptors (Lipinski definition) is 6. The number of nitrogens with zero attached hydrogens (tertiary/aromatic N) is 5. The molecule has 134 valence electrons. The van der Waals surface area contributed by atoms with Gasteiger partial charge in [0.1, 0.15) is 0 Å². The number of nitrogens with one attached hydrogen (secondary N) is 1. The molecular formula is C19H16N6O2. The fourth-order valence-corrected chi connectivity index (χ4v) is 2.62. The van der Waals surface area contributed by atoms with Crippen LogP contribution in [-0.4, -0.2) is 31.0 Å². The molecule has 1 amide bonds. The predicted molar refractivity (Wildman–Crippen MR) is 98.5 cm³/mol. The molecule has 0 aliphatic heterocycles. The smallest absolute Gasteiger partial charge is 0.316 e. The van der Waals surface area contributed by atoms with Gasteiger partial charge in [-0.25, -0.2) is 4.68 Å². The molecule has 0 unspecified atom stereocenters. The second-order valence-corrected chi connectivity index (χ2v) is 6.08. The van der Waals surface area contributed by atoms with E-state index >= 15 is 0 Å². The van der Waals surface area contributed by atoms with E-state index in [0.717, 1.165) is 16.8 Å². The molecule has 0 aliphatic rings. The Labute approximate surface area is 154 Å². The van der Waals surface area contributed by atoms with E-state index in [-0.39, 0.29) is 11.7 Å². The van der Waals surface area contributed by atoms with Crippen LogP contribution < -0.4 is 5.32 Å². The first-order valence-corrected chi connectivity index (χ1v) is 8.30. The van der Waals surface area contributed by atoms with Gasteiger partial charge >= 0.3 is 11.8 Å². The SMILES string of the molecule is Cc1ccc(NC(=O)c2nc(-c3cn(-c4ccccc4)nn3)no2)c(C)c1. The maximum absolute atomic E-state index is 12.4. The van der Waals surface area contributed by atoms with Crippen LogP contribution in [0, 0.1) is 13.8 Å². The van der Waals surface area contributed by atoms with Crippen molar-refractivity contribution in [2.45, 2.75) is 13.8 Å². The van der Waals surface area contributed by atoms with Gasteiger partial charge in [-0.05, 0) is 37.6 Å². The molecule has 0 saturated carbocycles. The van der Waals surface area contributed by atoms with E-state index in [1.165, 1.54) is 0 Å². The summed E-state index contributed by atoms with van der Waals surface area (Å²) < 4.78 is 6.68. The van der Waals surface area contributed by atoms with Gasteiger partial charge in [0.15, 0.2) is 5.69 Å². The van der Waals surface area contributed by atoms with Crippen molar-refractivity contribution < 1.29 is 9.32 Å². The summed E-state index contributed by atoms with van der Waals surface area (Å²) in [6.07, 6.45) is 1.67. The number of carbonyl (C=O) groups excluding carboxylic acids is 1. The molecule has 2 aromatic heterocycles. The molecule has 0 saturated heterocycles. The highest BCUT2D eigenvalue weighted by Gasteiger charge is 2.19. The molecule has 0 fully saturated rings. The number of benzene rings is 2. The van der Waals surface area contributed by atoms with Gasteiger partial charge in [-0.15, -0.1) is 5.10 Å². The van der Waals surface area contributed by atoms with Crippen LogP contribution in [0.5, 0.6) is 0 Å². The molecule has 27 heavy (non-hydrogen) atoms. The topological polar surface area (TPSA) is 98.7 Å². The molecule has 8 nitrogen and oxygen atoms in total. The van der Waals surface area contributed by atoms with Crippen LogP contribution in [0.1, 0.15) is 21.8 Å². The Hall–Kier alpha value is -3.81. The number of para-hydroxylation sites is 1. The van der Waals surface area contributed by atoms with Gasteiger partial charge in [0.05, 0.1) is 11.9 Å². The van der Waals surface area contributed by atoms with Crippen molar-refractivity contribution in [3.63, 3.8) is 0 Å². The number of rotatable bonds is 4. The first-order valence-electron chi connectivity index (χ1n) is 8.30. The van der Waals surface area contributed by atoms with Crippen LogP contribution in [0.3, 0.4) is 0 Å². The summed E-state index contributed by atoms with van der Waals surface area (Å²) in [5.41, 5.74) is 4.03. The Morgan fingerprint density at radius 3 is 2.70 bits per heavy atom. The second kappa shape index (κ2) is 6.83. The lowest BCUT2D eigenvalue weighted by Gasteiger charge is -2.06. The third-order valence-corrected chi connectivity index (χ3v) is 3.99. The normalized spacial score (nSPS) is 10.7. The van der Waals surface area contributed by atoms with Crippen molar-refractivity contribution in [3.05, 3.63) is 71.7 Å². The molecule has 1 N–H and O–H groups in total. The maximum atomic E-state index is 12.4. The highest BCUT2D eigenvalue weighted by atomic mass is 16.5. The minimum Gasteiger partial charge on any atom is -0.328 e. The minimum atomic E-state index is -0.476. The third-order valence-electron chi connectivity index (χ3n) is 3.99. The minimum absolute atomic E-state index is 0.140. The quantitative estimate of drug-likeness (QED) is 0.600. The van der Waals surface area contributed by atoms with Crippen LogP contribution in [0.4, 0.5) is 5.69 Å². The zero-order chi connectivity index (χ0) is 18.8. The van der Waals surface area contributed by atoms with Crippen LogP contribution >= 0.6 is 0 Å². The third kappa shape index (κ3) is 3.45. The van der Waals surface area contributed by atoms with Gasteiger partial charge in [-0.1, -0.05) is 46.3 Å². The summed E-state index contributed by atoms with van der Waals surface area (Å²) in [6.45, 7) is 3.91. The van der Waals surface area contributed by atoms with Gasteiger partial charge in [0.25, 0.3) is 0 Å². The predicted octanol–water partition coefficient (Wildman–Crippen LogP) is 3.19. The Morgan fingerprint density at radius 2 is 1.93 bits per heavy atom. The summed E-state index contributed by atoms with van der Waals surface area (Å²) in [5.74, 6) is -0.418. The molecule has 2 aromatic carbocycles. The van der Waals surface area contributed by atoms with Crippen molar-refractivity contribution >= 4 is 11.6 Å². The van der Waals surface area contributed by atoms with E-state index in [1.54, 1.807) is 10.9 Å². The lowest BCUT2D eigenvalue weighted by atomic mass is 10.1. The first kappa shape index (κ1) is 16.6. The number of amides is 1. The van der Waals surface area contributed by atoms with Crippen molar-refractivity contribution in [1.29, 1.82) is 0 Å². The van der Waals surface area contributed by atoms with Gasteiger partial charge < -0.3 is 9.84 Å². The molecule has 0 aliphatic carbocycles. The molecule has 4 rings (SSSR count). The second-order valence-electron chi connectivity index (χ2n) is 6.08. The number of carbonyl (C=O) groups is 1. The van der Waals surface area contributed by atoms with Crippen molar-refractivity contribution in [3.8, 4) is 17.2 Å². The average Bonchev–Trinajstić information content (AvgIpc) is 3.34. The van der Waals surface area contributed by atoms with Crippen molar-refractivity contribution in [2.75, 3.05) is 5.32 Å². The molecular weight excluding hydrogens is 344 g/mol. The Bertz CT molecular complexity index is 1100. The number of hydrogen-bond donors (Lipinski definition) is 1. The van der Waals surface area contributed by atoms with Crippen LogP contribution in [-0.2, 0) is 0 Å². The van der Waals surface area contributed by atoms with Gasteiger partial charge in [-0.3, -0.25) is 4.79 Å². The highest BCUT2D eigenvalue weighted by molar-refractivity contribution is 6.01. The Balaban J connectivity index is 1.53. The van der Waals surface area contributed by atoms with Gasteiger partial charge in [-0.2, -0.15) is 4.98 Å². The average molecular weight is 360 g/mol. The maximum Gasteiger partial charge on any atom is 0.316 e. The molecule has 2 heterocycles. The zero-order valence-corrected chi connectivity index (χ0v) is 14.7. The van der Waals surface area contributed by atoms with Crippen molar-refractivity contribution in [1.82, 2.24) is 25.1 Å². The summed E-state index contributed by atoms with van der Waals surface area (Å²) in [4.78, 5) is 16.5. The summed E-state index contributed by atoms with van der Waals surface area (Å²) in [7, 11) is 0. The summed E-state index contributed by atoms with van der Waals surface area (Å²) in [6, 6.07) is 15.3. The molecule has 0 bridgehead atoms. The van der Waals surface area contributed by atoms with Crippen molar-refractivity contribution in [2.24, 2.45) is 0 Å². The number of aromatic nitrogens is 5. The largest absolute Gasteiger partial charge is 0.328 e. The highest BCUT2D eigenvalue weighted by Crippen LogP contribution is 2.18. The van der Waals surface area contributed by atoms with E-state index in [1.807, 2.05) is 62.4 Å². The summed E-state index contributed by atoms with van der Waals surface area (Å²) in [5, 5.41) is 14.7. The van der Waals surface area contributed by atoms with Crippen LogP contribution in [0.15, 0.2) is 59.3 Å². The van der Waals surface area contributed by atoms with E-state index in [0.29, 0.717) is 11.4 Å². The molecule has 0 radical (unpaired) electrons. The Kier molecular flexibility index (Phi) is 4.21. The standard InChI is InChI=1S/C19H16N6O2/c1-12-8-9-15(13(2)10-12)20-18(26)19-21-17(23-27-19)16-11-25(24-22-16)14-6-4-3-5-7-14/h3-11H,1-2H3,(H,20,26). The summed E-state index contributed by atoms with van der Waals surface area (Å²) >= 11 is 0. The van der Waals surface area contributed by atoms with Gasteiger partial charge in [0, 0.05) is 5.69 Å². The zero-order valence-electron chi connectivity index (χ0n) is 14.7. The molecule has 0 spiro atoms. The molecule has 8 heteroatoms. The van der Waals surface area contributed by atoms with Crippen LogP contribution in [0.2, 0.25) is 0 Å².